The zero-order valence-corrected chi connectivity index (χ0v) is 23.3. The quantitative estimate of drug-likeness (QED) is 0.0888. The summed E-state index contributed by atoms with van der Waals surface area (Å²) in [5.74, 6) is -0.589. The molecule has 0 saturated carbocycles. The Balaban J connectivity index is 2.79. The molecule has 3 unspecified atom stereocenters. The lowest BCUT2D eigenvalue weighted by Crippen LogP contribution is -2.42. The summed E-state index contributed by atoms with van der Waals surface area (Å²) in [5.41, 5.74) is 0.0115. The predicted molar refractivity (Wildman–Crippen MR) is 137 cm³/mol. The average Bonchev–Trinajstić information content (AvgIpc) is 2.75. The molecule has 1 aromatic rings. The highest BCUT2D eigenvalue weighted by atomic mass is 32.2. The van der Waals surface area contributed by atoms with Crippen LogP contribution in [0.2, 0.25) is 0 Å². The molecular formula is C23H35N2O6PS2. The Morgan fingerprint density at radius 3 is 2.29 bits per heavy atom. The zero-order valence-electron chi connectivity index (χ0n) is 20.7. The van der Waals surface area contributed by atoms with Crippen molar-refractivity contribution in [2.45, 2.75) is 43.9 Å². The van der Waals surface area contributed by atoms with Crippen LogP contribution >= 0.6 is 31.8 Å². The topological polar surface area (TPSA) is 89.2 Å². The van der Waals surface area contributed by atoms with Gasteiger partial charge in [-0.3, -0.25) is 9.36 Å². The SMILES string of the molecule is [C-]#[N+]C(C)(CC)CC(C)(SC(=S)c1ccccc1)C(=O)OCCOP(=O)([O-])OCC[N+](C)(C)C. The van der Waals surface area contributed by atoms with Crippen LogP contribution in [0.5, 0.6) is 0 Å². The molecule has 11 heteroatoms. The van der Waals surface area contributed by atoms with E-state index in [4.69, 9.17) is 32.6 Å². The van der Waals surface area contributed by atoms with Crippen molar-refractivity contribution in [3.05, 3.63) is 47.3 Å². The number of rotatable bonds is 14. The summed E-state index contributed by atoms with van der Waals surface area (Å²) in [6, 6.07) is 9.29. The summed E-state index contributed by atoms with van der Waals surface area (Å²) in [6.07, 6.45) is 0.761. The van der Waals surface area contributed by atoms with Crippen LogP contribution in [0.15, 0.2) is 30.3 Å². The Labute approximate surface area is 213 Å². The normalized spacial score (nSPS) is 17.0. The smallest absolute Gasteiger partial charge is 0.322 e. The number of thioether (sulfide) groups is 1. The minimum atomic E-state index is -4.50. The van der Waals surface area contributed by atoms with Crippen molar-refractivity contribution in [3.8, 4) is 0 Å². The van der Waals surface area contributed by atoms with E-state index in [1.807, 2.05) is 58.4 Å². The van der Waals surface area contributed by atoms with Crippen molar-refractivity contribution in [2.75, 3.05) is 47.5 Å². The maximum Gasteiger partial charge on any atom is 0.322 e. The molecule has 8 nitrogen and oxygen atoms in total. The van der Waals surface area contributed by atoms with Crippen molar-refractivity contribution >= 4 is 42.0 Å². The highest BCUT2D eigenvalue weighted by Gasteiger charge is 2.46. The maximum absolute atomic E-state index is 13.1. The van der Waals surface area contributed by atoms with Gasteiger partial charge in [0.15, 0.2) is 0 Å². The number of phosphoric acid groups is 1. The second-order valence-corrected chi connectivity index (χ2v) is 13.0. The molecule has 190 valence electrons. The van der Waals surface area contributed by atoms with E-state index in [-0.39, 0.29) is 26.2 Å². The molecule has 0 bridgehead atoms. The van der Waals surface area contributed by atoms with Crippen molar-refractivity contribution < 1.29 is 32.5 Å². The van der Waals surface area contributed by atoms with Gasteiger partial charge in [0.05, 0.1) is 38.4 Å². The first kappa shape index (κ1) is 30.7. The lowest BCUT2D eigenvalue weighted by atomic mass is 9.87. The van der Waals surface area contributed by atoms with Crippen molar-refractivity contribution in [3.63, 3.8) is 0 Å². The Kier molecular flexibility index (Phi) is 11.9. The fraction of sp³-hybridized carbons (Fsp3) is 0.609. The second kappa shape index (κ2) is 13.1. The summed E-state index contributed by atoms with van der Waals surface area (Å²) in [4.78, 5) is 28.7. The van der Waals surface area contributed by atoms with Gasteiger partial charge >= 0.3 is 5.97 Å². The summed E-state index contributed by atoms with van der Waals surface area (Å²) in [5, 5.41) is 0. The first-order chi connectivity index (χ1) is 15.7. The number of carbonyl (C=O) groups is 1. The van der Waals surface area contributed by atoms with Crippen LogP contribution < -0.4 is 4.89 Å². The Bertz CT molecular complexity index is 918. The van der Waals surface area contributed by atoms with E-state index in [0.717, 1.165) is 5.56 Å². The molecule has 0 aromatic heterocycles. The standard InChI is InChI=1S/C23H35N2O6PS2/c1-8-22(2,24-4)18-23(3,34-20(33)19-12-10-9-11-13-19)21(26)29-16-17-31-32(27,28)30-15-14-25(5,6)7/h9-13H,8,14-18H2,1-3,5-7H3. The molecule has 0 fully saturated rings. The fourth-order valence-corrected chi connectivity index (χ4v) is 5.41. The first-order valence-electron chi connectivity index (χ1n) is 10.9. The van der Waals surface area contributed by atoms with E-state index in [9.17, 15) is 14.3 Å². The van der Waals surface area contributed by atoms with Crippen LogP contribution in [0.3, 0.4) is 0 Å². The van der Waals surface area contributed by atoms with Gasteiger partial charge in [-0.25, -0.2) is 6.57 Å². The summed E-state index contributed by atoms with van der Waals surface area (Å²) in [7, 11) is 1.23. The molecule has 0 spiro atoms. The monoisotopic (exact) mass is 530 g/mol. The van der Waals surface area contributed by atoms with Crippen LogP contribution in [-0.4, -0.2) is 72.4 Å². The summed E-state index contributed by atoms with van der Waals surface area (Å²) in [6.45, 7) is 12.8. The molecule has 1 rings (SSSR count). The molecule has 34 heavy (non-hydrogen) atoms. The second-order valence-electron chi connectivity index (χ2n) is 9.39. The van der Waals surface area contributed by atoms with E-state index in [2.05, 4.69) is 4.85 Å². The third-order valence-electron chi connectivity index (χ3n) is 5.09. The van der Waals surface area contributed by atoms with E-state index in [0.29, 0.717) is 21.6 Å². The number of nitrogens with zero attached hydrogens (tertiary/aromatic N) is 2. The van der Waals surface area contributed by atoms with Gasteiger partial charge in [0, 0.05) is 13.3 Å². The van der Waals surface area contributed by atoms with Crippen LogP contribution in [-0.2, 0) is 23.1 Å². The third kappa shape index (κ3) is 11.0. The molecule has 0 N–H and O–H groups in total. The molecule has 0 radical (unpaired) electrons. The highest BCUT2D eigenvalue weighted by Crippen LogP contribution is 2.40. The number of hydrogen-bond donors (Lipinski definition) is 0. The van der Waals surface area contributed by atoms with Crippen molar-refractivity contribution in [1.29, 1.82) is 0 Å². The lowest BCUT2D eigenvalue weighted by molar-refractivity contribution is -0.870. The van der Waals surface area contributed by atoms with Gasteiger partial charge in [-0.15, -0.1) is 0 Å². The predicted octanol–water partition coefficient (Wildman–Crippen LogP) is 4.08. The number of benzene rings is 1. The Morgan fingerprint density at radius 2 is 1.76 bits per heavy atom. The van der Waals surface area contributed by atoms with E-state index in [1.54, 1.807) is 13.8 Å². The van der Waals surface area contributed by atoms with Crippen LogP contribution in [0, 0.1) is 6.57 Å². The lowest BCUT2D eigenvalue weighted by Gasteiger charge is -2.31. The van der Waals surface area contributed by atoms with Crippen LogP contribution in [0.4, 0.5) is 0 Å². The highest BCUT2D eigenvalue weighted by molar-refractivity contribution is 8.25. The fourth-order valence-electron chi connectivity index (χ4n) is 2.86. The van der Waals surface area contributed by atoms with E-state index in [1.165, 1.54) is 11.8 Å². The molecule has 1 aromatic carbocycles. The maximum atomic E-state index is 13.1. The van der Waals surface area contributed by atoms with E-state index >= 15 is 0 Å². The Hall–Kier alpha value is -1.31. The van der Waals surface area contributed by atoms with Gasteiger partial charge in [-0.2, -0.15) is 0 Å². The van der Waals surface area contributed by atoms with Gasteiger partial charge < -0.3 is 28.0 Å². The molecule has 0 amide bonds. The number of esters is 1. The largest absolute Gasteiger partial charge is 0.756 e. The number of hydrogen-bond acceptors (Lipinski definition) is 8. The summed E-state index contributed by atoms with van der Waals surface area (Å²) < 4.78 is 26.8. The number of ether oxygens (including phenoxy) is 1. The third-order valence-corrected chi connectivity index (χ3v) is 7.75. The number of carbonyl (C=O) groups excluding carboxylic acids is 1. The van der Waals surface area contributed by atoms with Crippen molar-refractivity contribution in [1.82, 2.24) is 0 Å². The molecular weight excluding hydrogens is 495 g/mol. The van der Waals surface area contributed by atoms with E-state index < -0.39 is 24.1 Å². The molecule has 0 aliphatic carbocycles. The average molecular weight is 531 g/mol. The van der Waals surface area contributed by atoms with Crippen LogP contribution in [0.1, 0.15) is 39.2 Å². The van der Waals surface area contributed by atoms with Gasteiger partial charge in [0.1, 0.15) is 24.5 Å². The van der Waals surface area contributed by atoms with Gasteiger partial charge in [-0.05, 0) is 12.5 Å². The summed E-state index contributed by atoms with van der Waals surface area (Å²) >= 11 is 6.73. The van der Waals surface area contributed by atoms with Gasteiger partial charge in [0.2, 0.25) is 5.54 Å². The number of likely N-dealkylation sites (N-methyl/N-ethyl adjacent to an activating group) is 1. The van der Waals surface area contributed by atoms with Crippen molar-refractivity contribution in [2.24, 2.45) is 0 Å². The molecule has 0 aliphatic rings. The number of phosphoric ester groups is 1. The van der Waals surface area contributed by atoms with Gasteiger partial charge in [0.25, 0.3) is 7.82 Å². The number of thiocarbonyl (C=S) groups is 1. The molecule has 0 heterocycles. The number of quaternary nitrogens is 1. The molecule has 0 aliphatic heterocycles. The minimum Gasteiger partial charge on any atom is -0.756 e. The zero-order chi connectivity index (χ0) is 26.0. The minimum absolute atomic E-state index is 0.0120. The molecule has 3 atom stereocenters. The van der Waals surface area contributed by atoms with Crippen LogP contribution in [0.25, 0.3) is 4.85 Å². The molecule has 0 saturated heterocycles. The Morgan fingerprint density at radius 1 is 1.18 bits per heavy atom. The first-order valence-corrected chi connectivity index (χ1v) is 13.6. The van der Waals surface area contributed by atoms with Gasteiger partial charge in [-0.1, -0.05) is 61.2 Å².